The van der Waals surface area contributed by atoms with Crippen LogP contribution in [0.25, 0.3) is 11.3 Å². The number of rotatable bonds is 5. The third-order valence-electron chi connectivity index (χ3n) is 2.99. The molecule has 0 spiro atoms. The number of thiazole rings is 1. The van der Waals surface area contributed by atoms with Gasteiger partial charge < -0.3 is 10.1 Å². The van der Waals surface area contributed by atoms with Gasteiger partial charge in [-0.25, -0.2) is 4.98 Å². The minimum Gasteiger partial charge on any atom is -0.494 e. The van der Waals surface area contributed by atoms with Crippen LogP contribution in [0.1, 0.15) is 6.92 Å². The highest BCUT2D eigenvalue weighted by atomic mass is 32.1. The van der Waals surface area contributed by atoms with E-state index in [9.17, 15) is 0 Å². The van der Waals surface area contributed by atoms with Gasteiger partial charge in [-0.3, -0.25) is 0 Å². The maximum atomic E-state index is 5.43. The molecule has 0 aliphatic rings. The van der Waals surface area contributed by atoms with Crippen LogP contribution in [0.3, 0.4) is 0 Å². The fourth-order valence-electron chi connectivity index (χ4n) is 2.00. The van der Waals surface area contributed by atoms with E-state index in [4.69, 9.17) is 4.74 Å². The van der Waals surface area contributed by atoms with E-state index >= 15 is 0 Å². The molecule has 0 bridgehead atoms. The van der Waals surface area contributed by atoms with E-state index in [1.54, 1.807) is 11.3 Å². The Hall–Kier alpha value is -2.33. The van der Waals surface area contributed by atoms with Crippen molar-refractivity contribution < 1.29 is 4.74 Å². The normalized spacial score (nSPS) is 10.3. The van der Waals surface area contributed by atoms with E-state index in [0.717, 1.165) is 27.8 Å². The Morgan fingerprint density at radius 2 is 1.81 bits per heavy atom. The summed E-state index contributed by atoms with van der Waals surface area (Å²) in [5.74, 6) is 0.882. The molecule has 0 saturated carbocycles. The highest BCUT2D eigenvalue weighted by Crippen LogP contribution is 2.27. The van der Waals surface area contributed by atoms with Crippen LogP contribution in [0, 0.1) is 0 Å². The summed E-state index contributed by atoms with van der Waals surface area (Å²) >= 11 is 1.60. The van der Waals surface area contributed by atoms with Gasteiger partial charge in [0.1, 0.15) is 5.75 Å². The maximum Gasteiger partial charge on any atom is 0.187 e. The van der Waals surface area contributed by atoms with E-state index in [1.165, 1.54) is 0 Å². The number of nitrogens with zero attached hydrogens (tertiary/aromatic N) is 1. The third kappa shape index (κ3) is 3.41. The zero-order valence-corrected chi connectivity index (χ0v) is 12.6. The van der Waals surface area contributed by atoms with Gasteiger partial charge in [0.05, 0.1) is 12.3 Å². The van der Waals surface area contributed by atoms with Crippen molar-refractivity contribution in [3.8, 4) is 17.0 Å². The zero-order chi connectivity index (χ0) is 14.5. The van der Waals surface area contributed by atoms with Gasteiger partial charge in [-0.2, -0.15) is 0 Å². The quantitative estimate of drug-likeness (QED) is 0.723. The standard InChI is InChI=1S/C17H16N2OS/c1-2-20-15-10-8-14(9-11-15)18-17-19-16(12-21-17)13-6-4-3-5-7-13/h3-12H,2H2,1H3,(H,18,19). The lowest BCUT2D eigenvalue weighted by Crippen LogP contribution is -1.92. The molecule has 0 aliphatic carbocycles. The first-order valence-corrected chi connectivity index (χ1v) is 7.74. The second-order valence-corrected chi connectivity index (χ2v) is 5.34. The van der Waals surface area contributed by atoms with Crippen molar-refractivity contribution in [1.82, 2.24) is 4.98 Å². The largest absolute Gasteiger partial charge is 0.494 e. The van der Waals surface area contributed by atoms with Gasteiger partial charge >= 0.3 is 0 Å². The molecule has 4 heteroatoms. The molecule has 0 radical (unpaired) electrons. The lowest BCUT2D eigenvalue weighted by Gasteiger charge is -2.05. The lowest BCUT2D eigenvalue weighted by atomic mass is 10.2. The maximum absolute atomic E-state index is 5.43. The summed E-state index contributed by atoms with van der Waals surface area (Å²) in [5, 5.41) is 6.26. The Balaban J connectivity index is 1.72. The van der Waals surface area contributed by atoms with Gasteiger partial charge in [0.15, 0.2) is 5.13 Å². The lowest BCUT2D eigenvalue weighted by molar-refractivity contribution is 0.340. The van der Waals surface area contributed by atoms with E-state index in [-0.39, 0.29) is 0 Å². The molecule has 0 saturated heterocycles. The van der Waals surface area contributed by atoms with Gasteiger partial charge in [-0.15, -0.1) is 11.3 Å². The van der Waals surface area contributed by atoms with Crippen LogP contribution >= 0.6 is 11.3 Å². The van der Waals surface area contributed by atoms with Gasteiger partial charge in [0, 0.05) is 16.6 Å². The van der Waals surface area contributed by atoms with E-state index in [1.807, 2.05) is 49.4 Å². The highest BCUT2D eigenvalue weighted by molar-refractivity contribution is 7.14. The van der Waals surface area contributed by atoms with Gasteiger partial charge in [0.2, 0.25) is 0 Å². The highest BCUT2D eigenvalue weighted by Gasteiger charge is 2.04. The topological polar surface area (TPSA) is 34.1 Å². The summed E-state index contributed by atoms with van der Waals surface area (Å²) in [5.41, 5.74) is 3.13. The Bertz CT molecular complexity index is 692. The van der Waals surface area contributed by atoms with Crippen molar-refractivity contribution in [2.24, 2.45) is 0 Å². The summed E-state index contributed by atoms with van der Waals surface area (Å²) < 4.78 is 5.43. The van der Waals surface area contributed by atoms with Crippen molar-refractivity contribution in [2.45, 2.75) is 6.92 Å². The molecule has 0 amide bonds. The average Bonchev–Trinajstić information content (AvgIpc) is 2.99. The molecular weight excluding hydrogens is 280 g/mol. The van der Waals surface area contributed by atoms with Crippen molar-refractivity contribution in [3.63, 3.8) is 0 Å². The molecule has 2 aromatic carbocycles. The SMILES string of the molecule is CCOc1ccc(Nc2nc(-c3ccccc3)cs2)cc1. The predicted molar refractivity (Wildman–Crippen MR) is 88.4 cm³/mol. The fraction of sp³-hybridized carbons (Fsp3) is 0.118. The van der Waals surface area contributed by atoms with Gasteiger partial charge in [-0.1, -0.05) is 30.3 Å². The Labute approximate surface area is 128 Å². The molecule has 106 valence electrons. The van der Waals surface area contributed by atoms with E-state index < -0.39 is 0 Å². The number of anilines is 2. The molecule has 1 aromatic heterocycles. The summed E-state index contributed by atoms with van der Waals surface area (Å²) in [6.45, 7) is 2.66. The molecule has 3 aromatic rings. The smallest absolute Gasteiger partial charge is 0.187 e. The van der Waals surface area contributed by atoms with Crippen molar-refractivity contribution >= 4 is 22.2 Å². The molecule has 0 unspecified atom stereocenters. The van der Waals surface area contributed by atoms with Crippen LogP contribution in [0.4, 0.5) is 10.8 Å². The van der Waals surface area contributed by atoms with Crippen molar-refractivity contribution in [2.75, 3.05) is 11.9 Å². The number of hydrogen-bond donors (Lipinski definition) is 1. The molecule has 0 atom stereocenters. The number of nitrogens with one attached hydrogen (secondary N) is 1. The molecule has 1 heterocycles. The summed E-state index contributed by atoms with van der Waals surface area (Å²) in [4.78, 5) is 4.61. The summed E-state index contributed by atoms with van der Waals surface area (Å²) in [6.07, 6.45) is 0. The molecule has 0 fully saturated rings. The minimum absolute atomic E-state index is 0.680. The fourth-order valence-corrected chi connectivity index (χ4v) is 2.74. The van der Waals surface area contributed by atoms with Crippen LogP contribution in [0.15, 0.2) is 60.0 Å². The number of hydrogen-bond acceptors (Lipinski definition) is 4. The Morgan fingerprint density at radius 1 is 1.05 bits per heavy atom. The first kappa shape index (κ1) is 13.6. The van der Waals surface area contributed by atoms with Crippen LogP contribution in [0.5, 0.6) is 5.75 Å². The molecule has 3 nitrogen and oxygen atoms in total. The van der Waals surface area contributed by atoms with Crippen LogP contribution in [-0.4, -0.2) is 11.6 Å². The second-order valence-electron chi connectivity index (χ2n) is 4.49. The second kappa shape index (κ2) is 6.41. The van der Waals surface area contributed by atoms with E-state index in [2.05, 4.69) is 27.8 Å². The third-order valence-corrected chi connectivity index (χ3v) is 3.75. The number of ether oxygens (including phenoxy) is 1. The van der Waals surface area contributed by atoms with Gasteiger partial charge in [0.25, 0.3) is 0 Å². The van der Waals surface area contributed by atoms with Crippen LogP contribution < -0.4 is 10.1 Å². The summed E-state index contributed by atoms with van der Waals surface area (Å²) in [7, 11) is 0. The predicted octanol–water partition coefficient (Wildman–Crippen LogP) is 4.95. The Morgan fingerprint density at radius 3 is 2.52 bits per heavy atom. The molecule has 3 rings (SSSR count). The van der Waals surface area contributed by atoms with E-state index in [0.29, 0.717) is 6.61 Å². The van der Waals surface area contributed by atoms with Crippen molar-refractivity contribution in [1.29, 1.82) is 0 Å². The molecule has 21 heavy (non-hydrogen) atoms. The van der Waals surface area contributed by atoms with Gasteiger partial charge in [-0.05, 0) is 31.2 Å². The van der Waals surface area contributed by atoms with Crippen LogP contribution in [0.2, 0.25) is 0 Å². The van der Waals surface area contributed by atoms with Crippen LogP contribution in [-0.2, 0) is 0 Å². The minimum atomic E-state index is 0.680. The number of benzene rings is 2. The van der Waals surface area contributed by atoms with Crippen molar-refractivity contribution in [3.05, 3.63) is 60.0 Å². The Kier molecular flexibility index (Phi) is 4.17. The molecule has 0 aliphatic heterocycles. The first-order valence-electron chi connectivity index (χ1n) is 6.86. The zero-order valence-electron chi connectivity index (χ0n) is 11.7. The monoisotopic (exact) mass is 296 g/mol. The first-order chi connectivity index (χ1) is 10.3. The average molecular weight is 296 g/mol. The molecule has 1 N–H and O–H groups in total. The number of aromatic nitrogens is 1. The summed E-state index contributed by atoms with van der Waals surface area (Å²) in [6, 6.07) is 18.1. The molecular formula is C17H16N2OS.